The quantitative estimate of drug-likeness (QED) is 0.323. The maximum Gasteiger partial charge on any atom is 0.434 e. The van der Waals surface area contributed by atoms with Gasteiger partial charge >= 0.3 is 12.3 Å². The molecule has 1 saturated heterocycles. The highest BCUT2D eigenvalue weighted by molar-refractivity contribution is 5.90. The number of amides is 1. The fourth-order valence-electron chi connectivity index (χ4n) is 5.25. The summed E-state index contributed by atoms with van der Waals surface area (Å²) in [5, 5.41) is 0. The van der Waals surface area contributed by atoms with E-state index in [-0.39, 0.29) is 31.5 Å². The molecule has 1 aliphatic carbocycles. The van der Waals surface area contributed by atoms with Crippen LogP contribution in [0.2, 0.25) is 0 Å². The Balaban J connectivity index is 1.25. The monoisotopic (exact) mass is 579 g/mol. The van der Waals surface area contributed by atoms with Crippen LogP contribution in [-0.2, 0) is 34.8 Å². The number of anilines is 1. The lowest BCUT2D eigenvalue weighted by molar-refractivity contribution is -0.186. The molecule has 3 aliphatic rings. The van der Waals surface area contributed by atoms with Crippen molar-refractivity contribution in [3.8, 4) is 28.7 Å². The number of fused-ring (bicyclic) bond motifs is 2. The van der Waals surface area contributed by atoms with Gasteiger partial charge in [0.15, 0.2) is 17.1 Å². The number of aryl methyl sites for hydroxylation is 1. The average molecular weight is 580 g/mol. The van der Waals surface area contributed by atoms with Crippen LogP contribution in [0.3, 0.4) is 0 Å². The summed E-state index contributed by atoms with van der Waals surface area (Å²) >= 11 is 0. The van der Waals surface area contributed by atoms with Crippen molar-refractivity contribution in [2.45, 2.75) is 37.1 Å². The van der Waals surface area contributed by atoms with Crippen molar-refractivity contribution >= 4 is 11.9 Å². The van der Waals surface area contributed by atoms with E-state index in [0.717, 1.165) is 24.7 Å². The van der Waals surface area contributed by atoms with Gasteiger partial charge in [0.05, 0.1) is 38.1 Å². The number of rotatable bonds is 6. The lowest BCUT2D eigenvalue weighted by Gasteiger charge is -2.46. The minimum absolute atomic E-state index is 0.0891. The van der Waals surface area contributed by atoms with Crippen LogP contribution in [0.4, 0.5) is 23.8 Å². The van der Waals surface area contributed by atoms with Crippen LogP contribution >= 0.6 is 0 Å². The molecule has 11 nitrogen and oxygen atoms in total. The van der Waals surface area contributed by atoms with E-state index in [4.69, 9.17) is 19.2 Å². The Hall–Kier alpha value is -4.59. The highest BCUT2D eigenvalue weighted by Crippen LogP contribution is 2.47. The van der Waals surface area contributed by atoms with E-state index in [1.54, 1.807) is 30.5 Å². The summed E-state index contributed by atoms with van der Waals surface area (Å²) in [6.45, 7) is 0.461. The van der Waals surface area contributed by atoms with E-state index in [9.17, 15) is 18.0 Å². The van der Waals surface area contributed by atoms with E-state index >= 15 is 0 Å². The van der Waals surface area contributed by atoms with E-state index in [0.29, 0.717) is 39.8 Å². The zero-order valence-corrected chi connectivity index (χ0v) is 22.6. The molecule has 1 saturated carbocycles. The van der Waals surface area contributed by atoms with Gasteiger partial charge in [0.25, 0.3) is 0 Å². The summed E-state index contributed by atoms with van der Waals surface area (Å²) in [4.78, 5) is 36.8. The summed E-state index contributed by atoms with van der Waals surface area (Å²) < 4.78 is 57.5. The number of imidazole rings is 1. The molecule has 7 rings (SSSR count). The minimum Gasteiger partial charge on any atom is -0.480 e. The van der Waals surface area contributed by atoms with E-state index in [2.05, 4.69) is 19.9 Å². The standard InChI is InChI=1S/C28H24F3N7O4/c1-37-11-19(28(29,30)31)35-23(37)17-5-3-15(4-6-17)10-38-24-18(27(12-41-13-27)42-26(38)39)9-32-22(36-24)20-21(16-7-8-16)33-14-34-25(20)40-2/h3-6,9,11,14,16H,7-8,10,12-13H2,1-2H3. The number of hydrogen-bond donors (Lipinski definition) is 0. The number of benzene rings is 1. The van der Waals surface area contributed by atoms with Crippen LogP contribution in [0.25, 0.3) is 22.8 Å². The van der Waals surface area contributed by atoms with Crippen LogP contribution in [0, 0.1) is 0 Å². The second-order valence-electron chi connectivity index (χ2n) is 10.5. The van der Waals surface area contributed by atoms with Crippen LogP contribution < -0.4 is 9.64 Å². The third-order valence-electron chi connectivity index (χ3n) is 7.63. The van der Waals surface area contributed by atoms with Gasteiger partial charge < -0.3 is 18.8 Å². The third kappa shape index (κ3) is 4.33. The first-order chi connectivity index (χ1) is 20.2. The zero-order valence-electron chi connectivity index (χ0n) is 22.6. The van der Waals surface area contributed by atoms with Gasteiger partial charge in [-0.2, -0.15) is 13.2 Å². The number of aromatic nitrogens is 6. The Bertz CT molecular complexity index is 1700. The molecule has 0 atom stereocenters. The third-order valence-corrected chi connectivity index (χ3v) is 7.63. The Kier molecular flexibility index (Phi) is 5.94. The van der Waals surface area contributed by atoms with Crippen molar-refractivity contribution in [3.05, 3.63) is 65.5 Å². The maximum atomic E-state index is 13.4. The number of nitrogens with zero attached hydrogens (tertiary/aromatic N) is 7. The number of hydrogen-bond acceptors (Lipinski definition) is 9. The summed E-state index contributed by atoms with van der Waals surface area (Å²) in [6, 6.07) is 6.77. The van der Waals surface area contributed by atoms with Gasteiger partial charge in [-0.25, -0.2) is 29.7 Å². The topological polar surface area (TPSA) is 117 Å². The average Bonchev–Trinajstić information content (AvgIpc) is 3.73. The molecule has 3 aromatic heterocycles. The largest absolute Gasteiger partial charge is 0.480 e. The molecule has 5 heterocycles. The van der Waals surface area contributed by atoms with Crippen molar-refractivity contribution in [1.82, 2.24) is 29.5 Å². The minimum atomic E-state index is -4.54. The second-order valence-corrected chi connectivity index (χ2v) is 10.5. The molecule has 0 bridgehead atoms. The number of carbonyl (C=O) groups excluding carboxylic acids is 1. The van der Waals surface area contributed by atoms with Gasteiger partial charge in [0.1, 0.15) is 23.5 Å². The van der Waals surface area contributed by atoms with Crippen LogP contribution in [0.5, 0.6) is 5.88 Å². The molecule has 2 fully saturated rings. The highest BCUT2D eigenvalue weighted by Gasteiger charge is 2.52. The summed E-state index contributed by atoms with van der Waals surface area (Å²) in [6.07, 6.45) is 0.880. The van der Waals surface area contributed by atoms with E-state index in [1.807, 2.05) is 0 Å². The molecule has 4 aromatic rings. The van der Waals surface area contributed by atoms with Crippen LogP contribution in [0.15, 0.2) is 43.0 Å². The lowest BCUT2D eigenvalue weighted by atomic mass is 9.91. The van der Waals surface area contributed by atoms with Crippen molar-refractivity contribution < 1.29 is 32.2 Å². The van der Waals surface area contributed by atoms with Crippen molar-refractivity contribution in [2.24, 2.45) is 7.05 Å². The molecule has 2 aliphatic heterocycles. The molecule has 0 unspecified atom stereocenters. The maximum absolute atomic E-state index is 13.4. The first kappa shape index (κ1) is 26.3. The zero-order chi connectivity index (χ0) is 29.2. The molecule has 0 radical (unpaired) electrons. The Morgan fingerprint density at radius 2 is 1.86 bits per heavy atom. The van der Waals surface area contributed by atoms with Crippen molar-refractivity contribution in [1.29, 1.82) is 0 Å². The molecule has 1 spiro atoms. The van der Waals surface area contributed by atoms with Gasteiger partial charge in [0.2, 0.25) is 5.88 Å². The predicted molar refractivity (Wildman–Crippen MR) is 140 cm³/mol. The van der Waals surface area contributed by atoms with Gasteiger partial charge in [0, 0.05) is 30.9 Å². The van der Waals surface area contributed by atoms with E-state index in [1.165, 1.54) is 30.0 Å². The number of methoxy groups -OCH3 is 1. The van der Waals surface area contributed by atoms with Crippen LogP contribution in [-0.4, -0.2) is 55.9 Å². The fraction of sp³-hybridized carbons (Fsp3) is 0.357. The van der Waals surface area contributed by atoms with Crippen LogP contribution in [0.1, 0.15) is 41.3 Å². The van der Waals surface area contributed by atoms with E-state index < -0.39 is 23.6 Å². The Morgan fingerprint density at radius 3 is 2.48 bits per heavy atom. The smallest absolute Gasteiger partial charge is 0.434 e. The summed E-state index contributed by atoms with van der Waals surface area (Å²) in [5.41, 5.74) is 1.25. The Morgan fingerprint density at radius 1 is 1.10 bits per heavy atom. The Labute approximate surface area is 237 Å². The fourth-order valence-corrected chi connectivity index (χ4v) is 5.25. The van der Waals surface area contributed by atoms with Gasteiger partial charge in [-0.15, -0.1) is 0 Å². The molecular formula is C28H24F3N7O4. The predicted octanol–water partition coefficient (Wildman–Crippen LogP) is 4.62. The first-order valence-corrected chi connectivity index (χ1v) is 13.2. The van der Waals surface area contributed by atoms with Gasteiger partial charge in [-0.1, -0.05) is 24.3 Å². The molecule has 1 amide bonds. The number of ether oxygens (including phenoxy) is 3. The summed E-state index contributed by atoms with van der Waals surface area (Å²) in [7, 11) is 3.02. The summed E-state index contributed by atoms with van der Waals surface area (Å²) in [5.74, 6) is 1.47. The molecular weight excluding hydrogens is 555 g/mol. The number of halogens is 3. The van der Waals surface area contributed by atoms with Gasteiger partial charge in [-0.3, -0.25) is 4.90 Å². The van der Waals surface area contributed by atoms with Crippen molar-refractivity contribution in [2.75, 3.05) is 25.2 Å². The number of alkyl halides is 3. The molecule has 14 heteroatoms. The van der Waals surface area contributed by atoms with Crippen molar-refractivity contribution in [3.63, 3.8) is 0 Å². The first-order valence-electron chi connectivity index (χ1n) is 13.2. The lowest BCUT2D eigenvalue weighted by Crippen LogP contribution is -2.56. The number of carbonyl (C=O) groups is 1. The van der Waals surface area contributed by atoms with Gasteiger partial charge in [-0.05, 0) is 18.4 Å². The highest BCUT2D eigenvalue weighted by atomic mass is 19.4. The normalized spacial score (nSPS) is 17.5. The molecule has 1 aromatic carbocycles. The second kappa shape index (κ2) is 9.48. The molecule has 0 N–H and O–H groups in total. The molecule has 216 valence electrons. The SMILES string of the molecule is COc1ncnc(C2CC2)c1-c1ncc2c(n1)N(Cc1ccc(-c3nc(C(F)(F)F)cn3C)cc1)C(=O)OC21COC1. The molecule has 42 heavy (non-hydrogen) atoms.